The van der Waals surface area contributed by atoms with E-state index in [0.717, 1.165) is 0 Å². The van der Waals surface area contributed by atoms with E-state index in [9.17, 15) is 14.4 Å². The summed E-state index contributed by atoms with van der Waals surface area (Å²) in [5, 5.41) is 4.76. The molecule has 0 aliphatic rings. The van der Waals surface area contributed by atoms with Gasteiger partial charge in [0, 0.05) is 6.92 Å². The molecule has 0 radical (unpaired) electrons. The van der Waals surface area contributed by atoms with Gasteiger partial charge in [0.15, 0.2) is 0 Å². The quantitative estimate of drug-likeness (QED) is 0.680. The predicted octanol–water partition coefficient (Wildman–Crippen LogP) is -0.0311. The first kappa shape index (κ1) is 15.4. The van der Waals surface area contributed by atoms with Crippen LogP contribution in [0.2, 0.25) is 0 Å². The highest BCUT2D eigenvalue weighted by Crippen LogP contribution is 2.08. The van der Waals surface area contributed by atoms with Crippen LogP contribution in [-0.4, -0.2) is 36.0 Å². The fourth-order valence-electron chi connectivity index (χ4n) is 0.946. The highest BCUT2D eigenvalue weighted by Gasteiger charge is 2.22. The molecular formula is C11H20N2O4. The highest BCUT2D eigenvalue weighted by atomic mass is 16.6. The molecule has 0 fully saturated rings. The van der Waals surface area contributed by atoms with Gasteiger partial charge in [-0.1, -0.05) is 0 Å². The fraction of sp³-hybridized carbons (Fsp3) is 0.727. The summed E-state index contributed by atoms with van der Waals surface area (Å²) in [6.07, 6.45) is 0. The minimum Gasteiger partial charge on any atom is -0.458 e. The Bertz CT molecular complexity index is 307. The average molecular weight is 244 g/mol. The summed E-state index contributed by atoms with van der Waals surface area (Å²) in [5.74, 6) is -1.24. The van der Waals surface area contributed by atoms with E-state index in [0.29, 0.717) is 0 Å². The molecular weight excluding hydrogens is 224 g/mol. The second-order valence-electron chi connectivity index (χ2n) is 4.73. The number of hydrogen-bond acceptors (Lipinski definition) is 4. The van der Waals surface area contributed by atoms with Gasteiger partial charge in [0.05, 0.1) is 6.54 Å². The monoisotopic (exact) mass is 244 g/mol. The summed E-state index contributed by atoms with van der Waals surface area (Å²) in [6, 6.07) is -0.740. The van der Waals surface area contributed by atoms with Gasteiger partial charge in [-0.05, 0) is 27.7 Å². The maximum Gasteiger partial charge on any atom is 0.328 e. The average Bonchev–Trinajstić information content (AvgIpc) is 2.11. The number of amides is 2. The third-order valence-corrected chi connectivity index (χ3v) is 1.64. The van der Waals surface area contributed by atoms with E-state index in [1.165, 1.54) is 13.8 Å². The van der Waals surface area contributed by atoms with Crippen LogP contribution in [0.4, 0.5) is 0 Å². The van der Waals surface area contributed by atoms with Crippen LogP contribution >= 0.6 is 0 Å². The van der Waals surface area contributed by atoms with Crippen molar-refractivity contribution in [1.29, 1.82) is 0 Å². The fourth-order valence-corrected chi connectivity index (χ4v) is 0.946. The molecule has 0 aromatic heterocycles. The largest absolute Gasteiger partial charge is 0.458 e. The lowest BCUT2D eigenvalue weighted by Gasteiger charge is -2.22. The topological polar surface area (TPSA) is 84.5 Å². The Labute approximate surface area is 101 Å². The van der Waals surface area contributed by atoms with Gasteiger partial charge < -0.3 is 15.4 Å². The number of esters is 1. The maximum absolute atomic E-state index is 11.5. The summed E-state index contributed by atoms with van der Waals surface area (Å²) in [7, 11) is 0. The lowest BCUT2D eigenvalue weighted by Crippen LogP contribution is -2.45. The van der Waals surface area contributed by atoms with Crippen molar-refractivity contribution < 1.29 is 19.1 Å². The number of hydrogen-bond donors (Lipinski definition) is 2. The zero-order valence-electron chi connectivity index (χ0n) is 10.9. The molecule has 0 heterocycles. The molecule has 0 saturated carbocycles. The molecule has 0 rings (SSSR count). The van der Waals surface area contributed by atoms with Crippen molar-refractivity contribution in [3.63, 3.8) is 0 Å². The molecule has 0 unspecified atom stereocenters. The summed E-state index contributed by atoms with van der Waals surface area (Å²) in [4.78, 5) is 33.4. The van der Waals surface area contributed by atoms with Crippen LogP contribution in [0.1, 0.15) is 34.6 Å². The van der Waals surface area contributed by atoms with Crippen LogP contribution in [0.15, 0.2) is 0 Å². The number of ether oxygens (including phenoxy) is 1. The Morgan fingerprint density at radius 3 is 2.18 bits per heavy atom. The van der Waals surface area contributed by atoms with Crippen molar-refractivity contribution in [2.24, 2.45) is 0 Å². The Morgan fingerprint density at radius 1 is 1.24 bits per heavy atom. The summed E-state index contributed by atoms with van der Waals surface area (Å²) >= 11 is 0. The first-order chi connectivity index (χ1) is 7.61. The van der Waals surface area contributed by atoms with Crippen LogP contribution in [0.3, 0.4) is 0 Å². The first-order valence-electron chi connectivity index (χ1n) is 5.38. The molecule has 98 valence electrons. The maximum atomic E-state index is 11.5. The standard InChI is InChI=1S/C11H20N2O4/c1-7(10(16)17-11(3,4)5)13-9(15)6-12-8(2)14/h7H,6H2,1-5H3,(H,12,14)(H,13,15)/t7-/m1/s1. The normalized spacial score (nSPS) is 12.5. The van der Waals surface area contributed by atoms with Crippen molar-refractivity contribution in [2.45, 2.75) is 46.3 Å². The van der Waals surface area contributed by atoms with Gasteiger partial charge in [0.25, 0.3) is 0 Å². The Morgan fingerprint density at radius 2 is 1.76 bits per heavy atom. The van der Waals surface area contributed by atoms with Crippen molar-refractivity contribution in [2.75, 3.05) is 6.54 Å². The molecule has 2 N–H and O–H groups in total. The molecule has 0 aliphatic heterocycles. The molecule has 6 nitrogen and oxygen atoms in total. The van der Waals surface area contributed by atoms with Gasteiger partial charge in [-0.3, -0.25) is 9.59 Å². The lowest BCUT2D eigenvalue weighted by molar-refractivity contribution is -0.158. The number of carbonyl (C=O) groups is 3. The Kier molecular flexibility index (Phi) is 5.64. The van der Waals surface area contributed by atoms with E-state index in [1.54, 1.807) is 20.8 Å². The minimum absolute atomic E-state index is 0.150. The first-order valence-corrected chi connectivity index (χ1v) is 5.38. The Balaban J connectivity index is 4.08. The van der Waals surface area contributed by atoms with Gasteiger partial charge in [0.2, 0.25) is 11.8 Å². The highest BCUT2D eigenvalue weighted by molar-refractivity contribution is 5.87. The third kappa shape index (κ3) is 8.24. The van der Waals surface area contributed by atoms with Crippen LogP contribution in [-0.2, 0) is 19.1 Å². The molecule has 2 amide bonds. The van der Waals surface area contributed by atoms with Crippen molar-refractivity contribution >= 4 is 17.8 Å². The molecule has 0 aromatic rings. The molecule has 0 bridgehead atoms. The van der Waals surface area contributed by atoms with E-state index < -0.39 is 23.5 Å². The van der Waals surface area contributed by atoms with Gasteiger partial charge in [-0.25, -0.2) is 4.79 Å². The van der Waals surface area contributed by atoms with Crippen LogP contribution < -0.4 is 10.6 Å². The lowest BCUT2D eigenvalue weighted by atomic mass is 10.2. The van der Waals surface area contributed by atoms with Crippen molar-refractivity contribution in [1.82, 2.24) is 10.6 Å². The van der Waals surface area contributed by atoms with Gasteiger partial charge in [-0.2, -0.15) is 0 Å². The zero-order chi connectivity index (χ0) is 13.6. The number of nitrogens with one attached hydrogen (secondary N) is 2. The van der Waals surface area contributed by atoms with Crippen LogP contribution in [0.5, 0.6) is 0 Å². The molecule has 0 spiro atoms. The third-order valence-electron chi connectivity index (χ3n) is 1.64. The van der Waals surface area contributed by atoms with E-state index >= 15 is 0 Å². The van der Waals surface area contributed by atoms with E-state index in [-0.39, 0.29) is 12.5 Å². The van der Waals surface area contributed by atoms with Crippen LogP contribution in [0.25, 0.3) is 0 Å². The number of carbonyl (C=O) groups excluding carboxylic acids is 3. The molecule has 0 aromatic carbocycles. The van der Waals surface area contributed by atoms with E-state index in [2.05, 4.69) is 10.6 Å². The summed E-state index contributed by atoms with van der Waals surface area (Å²) < 4.78 is 5.08. The van der Waals surface area contributed by atoms with Gasteiger partial charge >= 0.3 is 5.97 Å². The molecule has 0 aliphatic carbocycles. The SMILES string of the molecule is CC(=O)NCC(=O)N[C@H](C)C(=O)OC(C)(C)C. The zero-order valence-corrected chi connectivity index (χ0v) is 10.9. The summed E-state index contributed by atoms with van der Waals surface area (Å²) in [6.45, 7) is 7.93. The van der Waals surface area contributed by atoms with Crippen LogP contribution in [0, 0.1) is 0 Å². The second kappa shape index (κ2) is 6.22. The number of rotatable bonds is 4. The van der Waals surface area contributed by atoms with Crippen molar-refractivity contribution in [3.05, 3.63) is 0 Å². The van der Waals surface area contributed by atoms with E-state index in [4.69, 9.17) is 4.74 Å². The smallest absolute Gasteiger partial charge is 0.328 e. The second-order valence-corrected chi connectivity index (χ2v) is 4.73. The Hall–Kier alpha value is -1.59. The van der Waals surface area contributed by atoms with Crippen molar-refractivity contribution in [3.8, 4) is 0 Å². The minimum atomic E-state index is -0.740. The molecule has 0 saturated heterocycles. The van der Waals surface area contributed by atoms with E-state index in [1.807, 2.05) is 0 Å². The van der Waals surface area contributed by atoms with Gasteiger partial charge in [0.1, 0.15) is 11.6 Å². The molecule has 6 heteroatoms. The summed E-state index contributed by atoms with van der Waals surface area (Å²) in [5.41, 5.74) is -0.590. The molecule has 17 heavy (non-hydrogen) atoms. The molecule has 1 atom stereocenters. The predicted molar refractivity (Wildman–Crippen MR) is 62.1 cm³/mol. The van der Waals surface area contributed by atoms with Gasteiger partial charge in [-0.15, -0.1) is 0 Å².